The van der Waals surface area contributed by atoms with E-state index < -0.39 is 0 Å². The fraction of sp³-hybridized carbons (Fsp3) is 0.696. The lowest BCUT2D eigenvalue weighted by atomic mass is 9.73. The molecule has 0 radical (unpaired) electrons. The number of piperidine rings is 1. The predicted octanol–water partition coefficient (Wildman–Crippen LogP) is 5.11. The summed E-state index contributed by atoms with van der Waals surface area (Å²) in [6.45, 7) is 5.91. The molecule has 1 aliphatic heterocycles. The third-order valence-electron chi connectivity index (χ3n) is 7.27. The van der Waals surface area contributed by atoms with Gasteiger partial charge in [0.1, 0.15) is 0 Å². The molecule has 4 nitrogen and oxygen atoms in total. The molecular weight excluding hydrogens is 334 g/mol. The monoisotopic (exact) mass is 369 g/mol. The number of hydrogen-bond acceptors (Lipinski definition) is 2. The maximum Gasteiger partial charge on any atom is 0.326 e. The van der Waals surface area contributed by atoms with Crippen molar-refractivity contribution in [2.45, 2.75) is 77.2 Å². The summed E-state index contributed by atoms with van der Waals surface area (Å²) in [6, 6.07) is 8.42. The number of hydrogen-bond donors (Lipinski definition) is 1. The second-order valence-electron chi connectivity index (χ2n) is 8.95. The Morgan fingerprint density at radius 1 is 1.04 bits per heavy atom. The highest BCUT2D eigenvalue weighted by Crippen LogP contribution is 2.39. The molecule has 1 saturated carbocycles. The Bertz CT molecular complexity index is 789. The number of nitrogens with one attached hydrogen (secondary N) is 1. The highest BCUT2D eigenvalue weighted by Gasteiger charge is 2.32. The van der Waals surface area contributed by atoms with Crippen LogP contribution < -0.4 is 5.69 Å². The molecule has 148 valence electrons. The van der Waals surface area contributed by atoms with Gasteiger partial charge in [-0.2, -0.15) is 0 Å². The van der Waals surface area contributed by atoms with E-state index in [-0.39, 0.29) is 5.69 Å². The molecule has 2 aliphatic rings. The lowest BCUT2D eigenvalue weighted by Gasteiger charge is -2.42. The molecule has 0 spiro atoms. The van der Waals surface area contributed by atoms with Crippen LogP contribution in [0, 0.1) is 5.41 Å². The van der Waals surface area contributed by atoms with E-state index in [1.54, 1.807) is 0 Å². The first-order valence-corrected chi connectivity index (χ1v) is 11.1. The summed E-state index contributed by atoms with van der Waals surface area (Å²) >= 11 is 0. The van der Waals surface area contributed by atoms with Gasteiger partial charge in [-0.3, -0.25) is 4.57 Å². The van der Waals surface area contributed by atoms with Crippen molar-refractivity contribution in [1.29, 1.82) is 0 Å². The summed E-state index contributed by atoms with van der Waals surface area (Å²) in [6.07, 6.45) is 13.4. The van der Waals surface area contributed by atoms with Crippen molar-refractivity contribution in [2.75, 3.05) is 19.6 Å². The van der Waals surface area contributed by atoms with E-state index in [1.165, 1.54) is 57.9 Å². The van der Waals surface area contributed by atoms with E-state index in [0.29, 0.717) is 11.5 Å². The number of rotatable bonds is 4. The summed E-state index contributed by atoms with van der Waals surface area (Å²) in [7, 11) is 0. The maximum absolute atomic E-state index is 12.5. The Hall–Kier alpha value is -1.55. The fourth-order valence-corrected chi connectivity index (χ4v) is 5.53. The van der Waals surface area contributed by atoms with E-state index in [0.717, 1.165) is 37.0 Å². The van der Waals surface area contributed by atoms with Crippen LogP contribution in [0.25, 0.3) is 11.0 Å². The van der Waals surface area contributed by atoms with Crippen molar-refractivity contribution in [3.05, 3.63) is 34.7 Å². The first-order valence-electron chi connectivity index (χ1n) is 11.1. The van der Waals surface area contributed by atoms with Crippen molar-refractivity contribution in [2.24, 2.45) is 5.41 Å². The number of H-pyrrole nitrogens is 1. The Morgan fingerprint density at radius 2 is 1.70 bits per heavy atom. The molecule has 4 rings (SSSR count). The molecule has 0 bridgehead atoms. The number of imidazole rings is 1. The van der Waals surface area contributed by atoms with Crippen molar-refractivity contribution >= 4 is 11.0 Å². The SMILES string of the molecule is CCC1(CN2CCC(n3c(=O)[nH]c4ccccc43)CC2)CCCCCCC1. The second-order valence-corrected chi connectivity index (χ2v) is 8.95. The molecule has 1 aromatic heterocycles. The molecule has 0 amide bonds. The van der Waals surface area contributed by atoms with Gasteiger partial charge < -0.3 is 9.88 Å². The maximum atomic E-state index is 12.5. The lowest BCUT2D eigenvalue weighted by Crippen LogP contribution is -2.43. The Morgan fingerprint density at radius 3 is 2.41 bits per heavy atom. The van der Waals surface area contributed by atoms with Crippen molar-refractivity contribution in [3.8, 4) is 0 Å². The average Bonchev–Trinajstić information content (AvgIpc) is 3.00. The molecular formula is C23H35N3O. The van der Waals surface area contributed by atoms with Gasteiger partial charge in [0.15, 0.2) is 0 Å². The first-order chi connectivity index (χ1) is 13.2. The van der Waals surface area contributed by atoms with Crippen LogP contribution in [0.15, 0.2) is 29.1 Å². The van der Waals surface area contributed by atoms with Crippen LogP contribution in [-0.4, -0.2) is 34.1 Å². The molecule has 2 aromatic rings. The molecule has 1 saturated heterocycles. The number of aromatic amines is 1. The predicted molar refractivity (Wildman–Crippen MR) is 112 cm³/mol. The van der Waals surface area contributed by atoms with Gasteiger partial charge in [-0.1, -0.05) is 51.2 Å². The largest absolute Gasteiger partial charge is 0.326 e. The Balaban J connectivity index is 1.42. The molecule has 4 heteroatoms. The van der Waals surface area contributed by atoms with Gasteiger partial charge >= 0.3 is 5.69 Å². The number of aromatic nitrogens is 2. The third-order valence-corrected chi connectivity index (χ3v) is 7.27. The minimum Gasteiger partial charge on any atom is -0.306 e. The lowest BCUT2D eigenvalue weighted by molar-refractivity contribution is 0.0851. The van der Waals surface area contributed by atoms with Gasteiger partial charge in [-0.15, -0.1) is 0 Å². The van der Waals surface area contributed by atoms with Crippen LogP contribution in [-0.2, 0) is 0 Å². The number of para-hydroxylation sites is 2. The topological polar surface area (TPSA) is 41.0 Å². The standard InChI is InChI=1S/C23H35N3O/c1-2-23(14-8-4-3-5-9-15-23)18-25-16-12-19(13-17-25)26-21-11-7-6-10-20(21)24-22(26)27/h6-7,10-11,19H,2-5,8-9,12-18H2,1H3,(H,24,27). The quantitative estimate of drug-likeness (QED) is 0.814. The van der Waals surface area contributed by atoms with Crippen molar-refractivity contribution in [1.82, 2.24) is 14.5 Å². The zero-order valence-electron chi connectivity index (χ0n) is 16.9. The number of benzene rings is 1. The molecule has 1 aromatic carbocycles. The highest BCUT2D eigenvalue weighted by atomic mass is 16.1. The summed E-state index contributed by atoms with van der Waals surface area (Å²) in [5.74, 6) is 0. The van der Waals surface area contributed by atoms with E-state index >= 15 is 0 Å². The van der Waals surface area contributed by atoms with Crippen LogP contribution in [0.1, 0.15) is 77.2 Å². The van der Waals surface area contributed by atoms with Crippen molar-refractivity contribution < 1.29 is 0 Å². The minimum absolute atomic E-state index is 0.0553. The van der Waals surface area contributed by atoms with Crippen LogP contribution in [0.3, 0.4) is 0 Å². The van der Waals surface area contributed by atoms with Crippen LogP contribution in [0.4, 0.5) is 0 Å². The van der Waals surface area contributed by atoms with Gasteiger partial charge in [-0.25, -0.2) is 4.79 Å². The van der Waals surface area contributed by atoms with Gasteiger partial charge in [0.25, 0.3) is 0 Å². The molecule has 1 aliphatic carbocycles. The summed E-state index contributed by atoms with van der Waals surface area (Å²) in [5, 5.41) is 0. The van der Waals surface area contributed by atoms with Gasteiger partial charge in [-0.05, 0) is 49.7 Å². The van der Waals surface area contributed by atoms with E-state index in [9.17, 15) is 4.79 Å². The van der Waals surface area contributed by atoms with E-state index in [4.69, 9.17) is 0 Å². The number of nitrogens with zero attached hydrogens (tertiary/aromatic N) is 2. The van der Waals surface area contributed by atoms with E-state index in [2.05, 4.69) is 22.9 Å². The minimum atomic E-state index is 0.0553. The molecule has 27 heavy (non-hydrogen) atoms. The highest BCUT2D eigenvalue weighted by molar-refractivity contribution is 5.75. The Labute approximate surface area is 163 Å². The summed E-state index contributed by atoms with van der Waals surface area (Å²) in [4.78, 5) is 18.2. The first kappa shape index (κ1) is 18.8. The molecule has 2 heterocycles. The van der Waals surface area contributed by atoms with Crippen LogP contribution in [0.2, 0.25) is 0 Å². The van der Waals surface area contributed by atoms with Gasteiger partial charge in [0.2, 0.25) is 0 Å². The summed E-state index contributed by atoms with van der Waals surface area (Å²) in [5.41, 5.74) is 2.61. The fourth-order valence-electron chi connectivity index (χ4n) is 5.53. The van der Waals surface area contributed by atoms with Crippen molar-refractivity contribution in [3.63, 3.8) is 0 Å². The third kappa shape index (κ3) is 4.01. The smallest absolute Gasteiger partial charge is 0.306 e. The van der Waals surface area contributed by atoms with Crippen LogP contribution >= 0.6 is 0 Å². The normalized spacial score (nSPS) is 22.6. The molecule has 0 unspecified atom stereocenters. The Kier molecular flexibility index (Phi) is 5.72. The number of likely N-dealkylation sites (tertiary alicyclic amines) is 1. The van der Waals surface area contributed by atoms with Gasteiger partial charge in [0, 0.05) is 25.7 Å². The summed E-state index contributed by atoms with van der Waals surface area (Å²) < 4.78 is 2.01. The molecule has 2 fully saturated rings. The zero-order chi connectivity index (χ0) is 18.7. The number of fused-ring (bicyclic) bond motifs is 1. The van der Waals surface area contributed by atoms with Gasteiger partial charge in [0.05, 0.1) is 11.0 Å². The van der Waals surface area contributed by atoms with Crippen LogP contribution in [0.5, 0.6) is 0 Å². The molecule has 1 N–H and O–H groups in total. The zero-order valence-corrected chi connectivity index (χ0v) is 16.9. The van der Waals surface area contributed by atoms with E-state index in [1.807, 2.05) is 22.8 Å². The average molecular weight is 370 g/mol. The second kappa shape index (κ2) is 8.22. The molecule has 0 atom stereocenters.